The molecule has 2 bridgehead atoms. The molecule has 0 spiro atoms. The van der Waals surface area contributed by atoms with Crippen LogP contribution in [-0.4, -0.2) is 124 Å². The van der Waals surface area contributed by atoms with Crippen LogP contribution >= 0.6 is 0 Å². The Kier molecular flexibility index (Phi) is 13.7. The van der Waals surface area contributed by atoms with Gasteiger partial charge in [0.05, 0.1) is 55.9 Å². The number of nitrogens with two attached hydrogens (primary N) is 1. The number of ether oxygens (including phenoxy) is 6. The van der Waals surface area contributed by atoms with E-state index in [9.17, 15) is 35.1 Å². The standard InChI is InChI=1S/C34H49NO13/c1-19-11-9-7-5-4-6-8-10-12-22(46-33-31(40)29(35)30(39)20(2)45-33)16-26-28(32(41)43-3)23(37)18-34(42,48-26)17-21(36)15-25-24(47-25)13-14-27(38)44-19/h4-10,12-14,19-26,28-31,33,36-37,39-40,42H,11,15-18,35H2,1-3H3/t19-,20+,21+,22+,23+,24?,25-,26+,28-,29?,30-,31?,33+,34-/m1/s1. The first kappa shape index (κ1) is 38.0. The average Bonchev–Trinajstić information content (AvgIpc) is 3.76. The molecule has 0 aliphatic carbocycles. The SMILES string of the molecule is COC(=O)[C@H]1[C@@H]2C[C@@H](O[C@@H]3O[C@@H](C)[C@@H](O)C(N)C3O)C=CC=CC=CC=CC[C@@H](C)OC(=O)C=CC3O[C@@H]3C[C@H](O)C[C@](O)(C[C@@H]1O)O2. The van der Waals surface area contributed by atoms with E-state index in [1.54, 1.807) is 56.4 Å². The second-order valence-corrected chi connectivity index (χ2v) is 12.8. The van der Waals surface area contributed by atoms with Crippen LogP contribution in [0.5, 0.6) is 0 Å². The van der Waals surface area contributed by atoms with Crippen LogP contribution in [0.3, 0.4) is 0 Å². The van der Waals surface area contributed by atoms with E-state index in [0.717, 1.165) is 0 Å². The van der Waals surface area contributed by atoms with E-state index in [1.807, 2.05) is 12.2 Å². The fourth-order valence-electron chi connectivity index (χ4n) is 6.13. The fourth-order valence-corrected chi connectivity index (χ4v) is 6.13. The zero-order valence-electron chi connectivity index (χ0n) is 27.4. The van der Waals surface area contributed by atoms with Crippen LogP contribution in [0.2, 0.25) is 0 Å². The van der Waals surface area contributed by atoms with Gasteiger partial charge in [0.1, 0.15) is 24.2 Å². The quantitative estimate of drug-likeness (QED) is 0.174. The number of aliphatic hydroxyl groups excluding tert-OH is 4. The van der Waals surface area contributed by atoms with Gasteiger partial charge in [0.15, 0.2) is 12.1 Å². The number of hydrogen-bond donors (Lipinski definition) is 6. The number of hydrogen-bond acceptors (Lipinski definition) is 14. The number of carbonyl (C=O) groups is 2. The average molecular weight is 680 g/mol. The van der Waals surface area contributed by atoms with Crippen molar-refractivity contribution in [3.63, 3.8) is 0 Å². The van der Waals surface area contributed by atoms with Crippen LogP contribution in [-0.2, 0) is 38.0 Å². The molecule has 268 valence electrons. The molecular formula is C34H49NO13. The van der Waals surface area contributed by atoms with Crippen molar-refractivity contribution < 1.29 is 63.5 Å². The Morgan fingerprint density at radius 3 is 2.38 bits per heavy atom. The van der Waals surface area contributed by atoms with Crippen molar-refractivity contribution in [2.24, 2.45) is 11.7 Å². The number of methoxy groups -OCH3 is 1. The third kappa shape index (κ3) is 10.6. The minimum atomic E-state index is -2.05. The highest BCUT2D eigenvalue weighted by Gasteiger charge is 2.51. The molecule has 0 aromatic heterocycles. The Bertz CT molecular complexity index is 1240. The van der Waals surface area contributed by atoms with Gasteiger partial charge in [-0.05, 0) is 19.9 Å². The fraction of sp³-hybridized carbons (Fsp3) is 0.647. The number of aliphatic hydroxyl groups is 5. The number of rotatable bonds is 3. The Balaban J connectivity index is 1.60. The molecule has 0 aromatic carbocycles. The summed E-state index contributed by atoms with van der Waals surface area (Å²) < 4.78 is 33.8. The number of esters is 2. The summed E-state index contributed by atoms with van der Waals surface area (Å²) in [6.07, 6.45) is 6.23. The van der Waals surface area contributed by atoms with Gasteiger partial charge in [-0.15, -0.1) is 0 Å². The van der Waals surface area contributed by atoms with E-state index >= 15 is 0 Å². The predicted octanol–water partition coefficient (Wildman–Crippen LogP) is 0.208. The third-order valence-corrected chi connectivity index (χ3v) is 8.76. The van der Waals surface area contributed by atoms with Gasteiger partial charge in [0, 0.05) is 38.2 Å². The number of fused-ring (bicyclic) bond motifs is 3. The number of allylic oxidation sites excluding steroid dienone is 6. The van der Waals surface area contributed by atoms with Crippen molar-refractivity contribution in [3.05, 3.63) is 60.8 Å². The van der Waals surface area contributed by atoms with E-state index < -0.39 is 97.3 Å². The van der Waals surface area contributed by atoms with Crippen molar-refractivity contribution in [1.82, 2.24) is 0 Å². The first-order valence-electron chi connectivity index (χ1n) is 16.3. The maximum atomic E-state index is 12.9. The van der Waals surface area contributed by atoms with Gasteiger partial charge in [-0.25, -0.2) is 4.79 Å². The smallest absolute Gasteiger partial charge is 0.330 e. The number of cyclic esters (lactones) is 1. The van der Waals surface area contributed by atoms with E-state index in [-0.39, 0.29) is 25.4 Å². The summed E-state index contributed by atoms with van der Waals surface area (Å²) in [4.78, 5) is 25.0. The molecule has 0 aromatic rings. The Morgan fingerprint density at radius 1 is 0.938 bits per heavy atom. The topological polar surface area (TPSA) is 220 Å². The molecule has 14 nitrogen and oxygen atoms in total. The van der Waals surface area contributed by atoms with Gasteiger partial charge in [-0.2, -0.15) is 0 Å². The minimum absolute atomic E-state index is 0.105. The molecule has 4 rings (SSSR count). The van der Waals surface area contributed by atoms with Crippen molar-refractivity contribution in [2.45, 2.75) is 125 Å². The lowest BCUT2D eigenvalue weighted by Crippen LogP contribution is -2.61. The lowest BCUT2D eigenvalue weighted by Gasteiger charge is -2.45. The lowest BCUT2D eigenvalue weighted by atomic mass is 9.83. The molecule has 14 atom stereocenters. The van der Waals surface area contributed by atoms with Gasteiger partial charge < -0.3 is 59.7 Å². The molecule has 3 fully saturated rings. The van der Waals surface area contributed by atoms with Crippen LogP contribution in [0.1, 0.15) is 46.0 Å². The molecular weight excluding hydrogens is 630 g/mol. The molecule has 4 aliphatic rings. The zero-order chi connectivity index (χ0) is 35.0. The molecule has 48 heavy (non-hydrogen) atoms. The predicted molar refractivity (Wildman–Crippen MR) is 170 cm³/mol. The second kappa shape index (κ2) is 17.3. The van der Waals surface area contributed by atoms with Crippen LogP contribution in [0.25, 0.3) is 0 Å². The lowest BCUT2D eigenvalue weighted by molar-refractivity contribution is -0.308. The Morgan fingerprint density at radius 2 is 1.65 bits per heavy atom. The first-order chi connectivity index (χ1) is 22.8. The summed E-state index contributed by atoms with van der Waals surface area (Å²) >= 11 is 0. The van der Waals surface area contributed by atoms with Crippen molar-refractivity contribution >= 4 is 11.9 Å². The van der Waals surface area contributed by atoms with Crippen molar-refractivity contribution in [2.75, 3.05) is 7.11 Å². The van der Waals surface area contributed by atoms with Crippen LogP contribution in [0.15, 0.2) is 60.8 Å². The van der Waals surface area contributed by atoms with Gasteiger partial charge in [-0.3, -0.25) is 4.79 Å². The van der Waals surface area contributed by atoms with Gasteiger partial charge >= 0.3 is 11.9 Å². The van der Waals surface area contributed by atoms with E-state index in [4.69, 9.17) is 34.2 Å². The molecule has 4 heterocycles. The first-order valence-corrected chi connectivity index (χ1v) is 16.3. The van der Waals surface area contributed by atoms with Crippen molar-refractivity contribution in [1.29, 1.82) is 0 Å². The Labute approximate surface area is 280 Å². The molecule has 14 heteroatoms. The maximum absolute atomic E-state index is 12.9. The summed E-state index contributed by atoms with van der Waals surface area (Å²) in [6, 6.07) is -1.06. The molecule has 0 radical (unpaired) electrons. The highest BCUT2D eigenvalue weighted by molar-refractivity contribution is 5.82. The Hall–Kier alpha value is -2.76. The summed E-state index contributed by atoms with van der Waals surface area (Å²) in [5.74, 6) is -4.56. The maximum Gasteiger partial charge on any atom is 0.330 e. The second-order valence-electron chi connectivity index (χ2n) is 12.8. The van der Waals surface area contributed by atoms with Crippen LogP contribution in [0, 0.1) is 5.92 Å². The highest BCUT2D eigenvalue weighted by atomic mass is 16.7. The molecule has 7 N–H and O–H groups in total. The summed E-state index contributed by atoms with van der Waals surface area (Å²) in [5.41, 5.74) is 6.01. The minimum Gasteiger partial charge on any atom is -0.469 e. The van der Waals surface area contributed by atoms with Gasteiger partial charge in [0.25, 0.3) is 0 Å². The van der Waals surface area contributed by atoms with Gasteiger partial charge in [-0.1, -0.05) is 48.6 Å². The molecule has 3 unspecified atom stereocenters. The number of epoxide rings is 1. The van der Waals surface area contributed by atoms with E-state index in [2.05, 4.69) is 0 Å². The van der Waals surface area contributed by atoms with Gasteiger partial charge in [0.2, 0.25) is 0 Å². The van der Waals surface area contributed by atoms with Crippen molar-refractivity contribution in [3.8, 4) is 0 Å². The monoisotopic (exact) mass is 679 g/mol. The van der Waals surface area contributed by atoms with Crippen LogP contribution in [0.4, 0.5) is 0 Å². The molecule has 0 saturated carbocycles. The van der Waals surface area contributed by atoms with E-state index in [0.29, 0.717) is 6.42 Å². The largest absolute Gasteiger partial charge is 0.469 e. The molecule has 3 saturated heterocycles. The number of carbonyl (C=O) groups excluding carboxylic acids is 2. The highest BCUT2D eigenvalue weighted by Crippen LogP contribution is 2.39. The summed E-state index contributed by atoms with van der Waals surface area (Å²) in [6.45, 7) is 3.37. The molecule has 4 aliphatic heterocycles. The zero-order valence-corrected chi connectivity index (χ0v) is 27.4. The third-order valence-electron chi connectivity index (χ3n) is 8.76. The van der Waals surface area contributed by atoms with E-state index in [1.165, 1.54) is 13.2 Å². The summed E-state index contributed by atoms with van der Waals surface area (Å²) in [5, 5.41) is 54.4. The normalized spacial score (nSPS) is 43.1. The molecule has 0 amide bonds. The summed E-state index contributed by atoms with van der Waals surface area (Å²) in [7, 11) is 1.17. The van der Waals surface area contributed by atoms with Crippen LogP contribution < -0.4 is 5.73 Å².